The molecule has 0 aliphatic carbocycles. The molecule has 0 aliphatic heterocycles. The van der Waals surface area contributed by atoms with Gasteiger partial charge >= 0.3 is 96.7 Å². The standard InChI is InChI=1S/C9H12N.C2H5O.Sn/c1-7-5-3-4-6-9(7)8(2)10;1-2-3;/h3-6,8H,1,10H2,2H3;2H2,1H3;/q;-1;+3. The minimum absolute atomic E-state index is 0.132. The molecular weight excluding hydrogens is 281 g/mol. The van der Waals surface area contributed by atoms with Crippen molar-refractivity contribution in [3.63, 3.8) is 0 Å². The van der Waals surface area contributed by atoms with Crippen LogP contribution >= 0.6 is 0 Å². The van der Waals surface area contributed by atoms with Crippen LogP contribution in [0.4, 0.5) is 0 Å². The van der Waals surface area contributed by atoms with E-state index in [0.29, 0.717) is 0 Å². The Kier molecular flexibility index (Phi) is 5.51. The van der Waals surface area contributed by atoms with Crippen molar-refractivity contribution < 1.29 is 3.07 Å². The molecule has 14 heavy (non-hydrogen) atoms. The molecule has 0 fully saturated rings. The fourth-order valence-electron chi connectivity index (χ4n) is 1.37. The molecule has 1 aromatic rings. The molecule has 0 spiro atoms. The van der Waals surface area contributed by atoms with Gasteiger partial charge in [-0.2, -0.15) is 0 Å². The molecule has 0 saturated carbocycles. The van der Waals surface area contributed by atoms with Gasteiger partial charge in [0.05, 0.1) is 0 Å². The van der Waals surface area contributed by atoms with Crippen LogP contribution in [0.5, 0.6) is 0 Å². The second-order valence-corrected chi connectivity index (χ2v) is 5.90. The van der Waals surface area contributed by atoms with Crippen LogP contribution in [0.25, 0.3) is 0 Å². The van der Waals surface area contributed by atoms with E-state index in [9.17, 15) is 0 Å². The average Bonchev–Trinajstić information content (AvgIpc) is 2.19. The van der Waals surface area contributed by atoms with Gasteiger partial charge in [-0.15, -0.1) is 0 Å². The number of rotatable bonds is 5. The summed E-state index contributed by atoms with van der Waals surface area (Å²) in [5.41, 5.74) is 8.55. The summed E-state index contributed by atoms with van der Waals surface area (Å²) in [6.45, 7) is 4.94. The third-order valence-corrected chi connectivity index (χ3v) is 4.96. The zero-order valence-corrected chi connectivity index (χ0v) is 11.6. The van der Waals surface area contributed by atoms with Crippen LogP contribution in [0.15, 0.2) is 24.3 Å². The molecule has 1 rings (SSSR count). The fraction of sp³-hybridized carbons (Fsp3) is 0.455. The molecule has 0 heterocycles. The molecule has 74 valence electrons. The van der Waals surface area contributed by atoms with Crippen LogP contribution in [0.3, 0.4) is 0 Å². The summed E-state index contributed by atoms with van der Waals surface area (Å²) in [7, 11) is 0. The van der Waals surface area contributed by atoms with Gasteiger partial charge in [0.1, 0.15) is 0 Å². The first kappa shape index (κ1) is 12.0. The molecule has 0 aromatic heterocycles. The Morgan fingerprint density at radius 1 is 1.43 bits per heavy atom. The minimum atomic E-state index is -0.659. The predicted molar refractivity (Wildman–Crippen MR) is 60.1 cm³/mol. The van der Waals surface area contributed by atoms with Gasteiger partial charge in [-0.3, -0.25) is 0 Å². The first-order valence-electron chi connectivity index (χ1n) is 4.93. The van der Waals surface area contributed by atoms with Crippen molar-refractivity contribution in [2.24, 2.45) is 5.73 Å². The third-order valence-electron chi connectivity index (χ3n) is 2.05. The Morgan fingerprint density at radius 3 is 2.79 bits per heavy atom. The molecule has 1 unspecified atom stereocenters. The SMILES string of the molecule is CC[O][Sn+2][CH2]c1ccccc1C(C)N. The first-order valence-corrected chi connectivity index (χ1v) is 8.12. The van der Waals surface area contributed by atoms with Crippen LogP contribution in [-0.2, 0) is 7.51 Å². The van der Waals surface area contributed by atoms with Crippen LogP contribution in [-0.4, -0.2) is 28.2 Å². The number of nitrogens with two attached hydrogens (primary N) is 1. The van der Waals surface area contributed by atoms with E-state index in [-0.39, 0.29) is 6.04 Å². The predicted octanol–water partition coefficient (Wildman–Crippen LogP) is 1.86. The van der Waals surface area contributed by atoms with E-state index in [1.165, 1.54) is 11.1 Å². The van der Waals surface area contributed by atoms with Gasteiger partial charge in [0.2, 0.25) is 0 Å². The van der Waals surface area contributed by atoms with Gasteiger partial charge in [-0.1, -0.05) is 0 Å². The third kappa shape index (κ3) is 3.59. The topological polar surface area (TPSA) is 35.2 Å². The van der Waals surface area contributed by atoms with Crippen LogP contribution in [0, 0.1) is 0 Å². The second kappa shape index (κ2) is 6.43. The monoisotopic (exact) mass is 299 g/mol. The summed E-state index contributed by atoms with van der Waals surface area (Å²) in [4.78, 5) is 0. The fourth-order valence-corrected chi connectivity index (χ4v) is 3.61. The van der Waals surface area contributed by atoms with Gasteiger partial charge in [0, 0.05) is 0 Å². The Morgan fingerprint density at radius 2 is 2.14 bits per heavy atom. The van der Waals surface area contributed by atoms with Crippen LogP contribution < -0.4 is 5.73 Å². The molecule has 0 aliphatic rings. The van der Waals surface area contributed by atoms with Crippen molar-refractivity contribution in [3.8, 4) is 0 Å². The normalized spacial score (nSPS) is 12.2. The van der Waals surface area contributed by atoms with E-state index in [2.05, 4.69) is 25.1 Å². The summed E-state index contributed by atoms with van der Waals surface area (Å²) in [6, 6.07) is 8.54. The maximum atomic E-state index is 5.90. The Balaban J connectivity index is 2.64. The summed E-state index contributed by atoms with van der Waals surface area (Å²) in [5, 5.41) is 0. The zero-order valence-electron chi connectivity index (χ0n) is 8.79. The maximum absolute atomic E-state index is 5.90. The quantitative estimate of drug-likeness (QED) is 0.665. The molecule has 3 heteroatoms. The number of hydrogen-bond donors (Lipinski definition) is 1. The molecule has 0 radical (unpaired) electrons. The molecule has 2 N–H and O–H groups in total. The molecule has 2 nitrogen and oxygen atoms in total. The van der Waals surface area contributed by atoms with E-state index in [4.69, 9.17) is 8.81 Å². The van der Waals surface area contributed by atoms with Gasteiger partial charge in [-0.05, 0) is 0 Å². The summed E-state index contributed by atoms with van der Waals surface area (Å²) >= 11 is -0.659. The molecule has 1 atom stereocenters. The summed E-state index contributed by atoms with van der Waals surface area (Å²) < 4.78 is 6.62. The molecule has 1 aromatic carbocycles. The van der Waals surface area contributed by atoms with Gasteiger partial charge in [-0.25, -0.2) is 0 Å². The van der Waals surface area contributed by atoms with Gasteiger partial charge in [0.25, 0.3) is 0 Å². The van der Waals surface area contributed by atoms with Crippen molar-refractivity contribution in [1.29, 1.82) is 0 Å². The second-order valence-electron chi connectivity index (χ2n) is 3.24. The van der Waals surface area contributed by atoms with E-state index in [1.54, 1.807) is 0 Å². The molecule has 0 bridgehead atoms. The van der Waals surface area contributed by atoms with Gasteiger partial charge in [0.15, 0.2) is 0 Å². The summed E-state index contributed by atoms with van der Waals surface area (Å²) in [5.74, 6) is 0. The molecular formula is C11H17NOSn+2. The van der Waals surface area contributed by atoms with Crippen molar-refractivity contribution in [2.45, 2.75) is 24.3 Å². The van der Waals surface area contributed by atoms with E-state index >= 15 is 0 Å². The van der Waals surface area contributed by atoms with E-state index in [0.717, 1.165) is 11.0 Å². The average molecular weight is 298 g/mol. The number of benzene rings is 1. The zero-order chi connectivity index (χ0) is 10.4. The van der Waals surface area contributed by atoms with Crippen molar-refractivity contribution in [3.05, 3.63) is 35.4 Å². The van der Waals surface area contributed by atoms with Crippen LogP contribution in [0.1, 0.15) is 31.0 Å². The van der Waals surface area contributed by atoms with Crippen molar-refractivity contribution >= 4 is 21.6 Å². The molecule has 0 saturated heterocycles. The Labute approximate surface area is 96.6 Å². The van der Waals surface area contributed by atoms with Crippen molar-refractivity contribution in [2.75, 3.05) is 6.61 Å². The van der Waals surface area contributed by atoms with E-state index < -0.39 is 21.6 Å². The Hall–Kier alpha value is -0.0613. The van der Waals surface area contributed by atoms with Gasteiger partial charge < -0.3 is 0 Å². The van der Waals surface area contributed by atoms with Crippen molar-refractivity contribution in [1.82, 2.24) is 0 Å². The first-order chi connectivity index (χ1) is 6.75. The van der Waals surface area contributed by atoms with E-state index in [1.807, 2.05) is 13.0 Å². The Bertz CT molecular complexity index is 276. The summed E-state index contributed by atoms with van der Waals surface area (Å²) in [6.07, 6.45) is 0. The number of hydrogen-bond acceptors (Lipinski definition) is 2. The molecule has 0 amide bonds. The van der Waals surface area contributed by atoms with Crippen LogP contribution in [0.2, 0.25) is 0 Å².